The summed E-state index contributed by atoms with van der Waals surface area (Å²) in [5.74, 6) is 0.330. The van der Waals surface area contributed by atoms with Crippen LogP contribution >= 0.6 is 11.6 Å². The largest absolute Gasteiger partial charge is 0.340 e. The summed E-state index contributed by atoms with van der Waals surface area (Å²) in [6, 6.07) is 9.40. The Balaban J connectivity index is 2.93. The number of halogens is 1. The van der Waals surface area contributed by atoms with E-state index in [0.717, 1.165) is 5.56 Å². The summed E-state index contributed by atoms with van der Waals surface area (Å²) in [5.41, 5.74) is 5.97. The second kappa shape index (κ2) is 6.03. The van der Waals surface area contributed by atoms with E-state index in [1.54, 1.807) is 11.8 Å². The Labute approximate surface area is 108 Å². The number of benzene rings is 1. The molecule has 0 saturated carbocycles. The van der Waals surface area contributed by atoms with E-state index in [2.05, 4.69) is 0 Å². The van der Waals surface area contributed by atoms with Crippen LogP contribution in [-0.2, 0) is 10.3 Å². The molecule has 0 aliphatic rings. The fourth-order valence-corrected chi connectivity index (χ4v) is 1.95. The van der Waals surface area contributed by atoms with Crippen LogP contribution in [0.15, 0.2) is 30.3 Å². The first kappa shape index (κ1) is 14.0. The molecule has 2 N–H and O–H groups in total. The van der Waals surface area contributed by atoms with E-state index in [4.69, 9.17) is 17.3 Å². The topological polar surface area (TPSA) is 46.3 Å². The highest BCUT2D eigenvalue weighted by Gasteiger charge is 2.33. The van der Waals surface area contributed by atoms with Gasteiger partial charge in [0.1, 0.15) is 5.54 Å². The molecule has 0 aliphatic heterocycles. The van der Waals surface area contributed by atoms with Crippen LogP contribution in [0.25, 0.3) is 0 Å². The molecule has 0 bridgehead atoms. The highest BCUT2D eigenvalue weighted by molar-refractivity contribution is 6.18. The number of amides is 1. The van der Waals surface area contributed by atoms with Gasteiger partial charge in [-0.25, -0.2) is 0 Å². The molecule has 0 radical (unpaired) electrons. The number of nitrogens with two attached hydrogens (primary N) is 1. The lowest BCUT2D eigenvalue weighted by atomic mass is 9.91. The first-order chi connectivity index (χ1) is 8.04. The van der Waals surface area contributed by atoms with Gasteiger partial charge in [0.25, 0.3) is 0 Å². The Morgan fingerprint density at radius 3 is 2.47 bits per heavy atom. The third-order valence-corrected chi connectivity index (χ3v) is 3.01. The molecule has 4 heteroatoms. The van der Waals surface area contributed by atoms with E-state index in [0.29, 0.717) is 19.0 Å². The normalized spacial score (nSPS) is 14.1. The van der Waals surface area contributed by atoms with Crippen molar-refractivity contribution in [3.05, 3.63) is 35.9 Å². The van der Waals surface area contributed by atoms with Crippen LogP contribution in [-0.4, -0.2) is 29.8 Å². The highest BCUT2D eigenvalue weighted by atomic mass is 35.5. The van der Waals surface area contributed by atoms with Crippen LogP contribution in [0.5, 0.6) is 0 Å². The van der Waals surface area contributed by atoms with Gasteiger partial charge in [-0.15, -0.1) is 11.6 Å². The molecule has 0 aliphatic carbocycles. The van der Waals surface area contributed by atoms with Crippen molar-refractivity contribution in [2.75, 3.05) is 19.0 Å². The minimum absolute atomic E-state index is 0.0909. The monoisotopic (exact) mass is 254 g/mol. The molecule has 17 heavy (non-hydrogen) atoms. The maximum atomic E-state index is 12.3. The number of alkyl halides is 1. The molecule has 1 atom stereocenters. The summed E-state index contributed by atoms with van der Waals surface area (Å²) in [5, 5.41) is 0. The highest BCUT2D eigenvalue weighted by Crippen LogP contribution is 2.20. The van der Waals surface area contributed by atoms with Crippen LogP contribution in [0.3, 0.4) is 0 Å². The van der Waals surface area contributed by atoms with Crippen molar-refractivity contribution in [2.24, 2.45) is 5.73 Å². The lowest BCUT2D eigenvalue weighted by molar-refractivity contribution is -0.136. The molecule has 3 nitrogen and oxygen atoms in total. The average molecular weight is 255 g/mol. The zero-order chi connectivity index (χ0) is 12.9. The molecule has 0 fully saturated rings. The predicted molar refractivity (Wildman–Crippen MR) is 71.0 cm³/mol. The van der Waals surface area contributed by atoms with Gasteiger partial charge >= 0.3 is 0 Å². The number of hydrogen-bond donors (Lipinski definition) is 1. The summed E-state index contributed by atoms with van der Waals surface area (Å²) in [6.45, 7) is 4.80. The van der Waals surface area contributed by atoms with Crippen LogP contribution in [0, 0.1) is 0 Å². The maximum Gasteiger partial charge on any atom is 0.247 e. The first-order valence-electron chi connectivity index (χ1n) is 5.73. The lowest BCUT2D eigenvalue weighted by Gasteiger charge is -2.31. The van der Waals surface area contributed by atoms with Crippen molar-refractivity contribution >= 4 is 17.5 Å². The standard InChI is InChI=1S/C13H19ClN2O/c1-3-16(10-9-14)12(17)13(2,15)11-7-5-4-6-8-11/h4-8H,3,9-10,15H2,1-2H3. The lowest BCUT2D eigenvalue weighted by Crippen LogP contribution is -2.51. The van der Waals surface area contributed by atoms with Crippen LogP contribution < -0.4 is 5.73 Å². The minimum Gasteiger partial charge on any atom is -0.340 e. The maximum absolute atomic E-state index is 12.3. The zero-order valence-corrected chi connectivity index (χ0v) is 11.1. The van der Waals surface area contributed by atoms with Gasteiger partial charge in [0.15, 0.2) is 0 Å². The van der Waals surface area contributed by atoms with Crippen molar-refractivity contribution in [1.82, 2.24) is 4.90 Å². The quantitative estimate of drug-likeness (QED) is 0.817. The van der Waals surface area contributed by atoms with E-state index in [-0.39, 0.29) is 5.91 Å². The molecular formula is C13H19ClN2O. The summed E-state index contributed by atoms with van der Waals surface area (Å²) in [4.78, 5) is 14.0. The van der Waals surface area contributed by atoms with Crippen molar-refractivity contribution < 1.29 is 4.79 Å². The Morgan fingerprint density at radius 1 is 1.41 bits per heavy atom. The molecule has 1 aromatic carbocycles. The Morgan fingerprint density at radius 2 is 2.00 bits per heavy atom. The third-order valence-electron chi connectivity index (χ3n) is 2.84. The fourth-order valence-electron chi connectivity index (χ4n) is 1.74. The Bertz CT molecular complexity index is 365. The smallest absolute Gasteiger partial charge is 0.247 e. The molecule has 0 spiro atoms. The van der Waals surface area contributed by atoms with Gasteiger partial charge in [-0.05, 0) is 19.4 Å². The molecular weight excluding hydrogens is 236 g/mol. The number of carbonyl (C=O) groups is 1. The molecule has 94 valence electrons. The van der Waals surface area contributed by atoms with E-state index in [9.17, 15) is 4.79 Å². The number of carbonyl (C=O) groups excluding carboxylic acids is 1. The Hall–Kier alpha value is -1.06. The van der Waals surface area contributed by atoms with E-state index in [1.807, 2.05) is 37.3 Å². The van der Waals surface area contributed by atoms with Crippen molar-refractivity contribution in [1.29, 1.82) is 0 Å². The molecule has 1 unspecified atom stereocenters. The second-order valence-corrected chi connectivity index (χ2v) is 4.52. The molecule has 1 amide bonds. The van der Waals surface area contributed by atoms with Crippen molar-refractivity contribution in [2.45, 2.75) is 19.4 Å². The fraction of sp³-hybridized carbons (Fsp3) is 0.462. The second-order valence-electron chi connectivity index (χ2n) is 4.14. The van der Waals surface area contributed by atoms with Crippen LogP contribution in [0.4, 0.5) is 0 Å². The summed E-state index contributed by atoms with van der Waals surface area (Å²) < 4.78 is 0. The Kier molecular flexibility index (Phi) is 4.97. The average Bonchev–Trinajstić information content (AvgIpc) is 2.36. The van der Waals surface area contributed by atoms with Gasteiger partial charge in [0.2, 0.25) is 5.91 Å². The van der Waals surface area contributed by atoms with Gasteiger partial charge in [0.05, 0.1) is 0 Å². The zero-order valence-electron chi connectivity index (χ0n) is 10.3. The number of hydrogen-bond acceptors (Lipinski definition) is 2. The van der Waals surface area contributed by atoms with E-state index in [1.165, 1.54) is 0 Å². The number of rotatable bonds is 5. The van der Waals surface area contributed by atoms with Crippen molar-refractivity contribution in [3.8, 4) is 0 Å². The molecule has 0 aromatic heterocycles. The van der Waals surface area contributed by atoms with Gasteiger partial charge in [0, 0.05) is 19.0 Å². The van der Waals surface area contributed by atoms with Gasteiger partial charge < -0.3 is 10.6 Å². The van der Waals surface area contributed by atoms with E-state index >= 15 is 0 Å². The van der Waals surface area contributed by atoms with Crippen LogP contribution in [0.1, 0.15) is 19.4 Å². The summed E-state index contributed by atoms with van der Waals surface area (Å²) in [6.07, 6.45) is 0. The number of nitrogens with zero attached hydrogens (tertiary/aromatic N) is 1. The minimum atomic E-state index is -0.997. The van der Waals surface area contributed by atoms with Crippen LogP contribution in [0.2, 0.25) is 0 Å². The SMILES string of the molecule is CCN(CCCl)C(=O)C(C)(N)c1ccccc1. The molecule has 1 aromatic rings. The summed E-state index contributed by atoms with van der Waals surface area (Å²) >= 11 is 5.68. The molecule has 1 rings (SSSR count). The predicted octanol–water partition coefficient (Wildman–Crippen LogP) is 1.95. The molecule has 0 saturated heterocycles. The van der Waals surface area contributed by atoms with Gasteiger partial charge in [-0.1, -0.05) is 30.3 Å². The van der Waals surface area contributed by atoms with Crippen molar-refractivity contribution in [3.63, 3.8) is 0 Å². The third kappa shape index (κ3) is 3.20. The van der Waals surface area contributed by atoms with E-state index < -0.39 is 5.54 Å². The first-order valence-corrected chi connectivity index (χ1v) is 6.27. The summed E-state index contributed by atoms with van der Waals surface area (Å²) in [7, 11) is 0. The molecule has 0 heterocycles. The van der Waals surface area contributed by atoms with Gasteiger partial charge in [-0.3, -0.25) is 4.79 Å². The van der Waals surface area contributed by atoms with Gasteiger partial charge in [-0.2, -0.15) is 0 Å². The number of likely N-dealkylation sites (N-methyl/N-ethyl adjacent to an activating group) is 1.